The SMILES string of the molecule is COc1cc(-c2ccc(C(=O)Oc3cccc([C@H](C4CC4)[C@H](C)C(=O)O)c3)c(C)c2)c(C(=O)N(CCO)CCO)cn1. The highest BCUT2D eigenvalue weighted by molar-refractivity contribution is 6.01. The molecule has 10 heteroatoms. The topological polar surface area (TPSA) is 146 Å². The van der Waals surface area contributed by atoms with E-state index in [1.54, 1.807) is 56.3 Å². The van der Waals surface area contributed by atoms with E-state index >= 15 is 0 Å². The number of nitrogens with zero attached hydrogens (tertiary/aromatic N) is 2. The van der Waals surface area contributed by atoms with Crippen molar-refractivity contribution in [2.45, 2.75) is 32.6 Å². The van der Waals surface area contributed by atoms with Gasteiger partial charge in [0.1, 0.15) is 5.75 Å². The Morgan fingerprint density at radius 2 is 1.74 bits per heavy atom. The first kappa shape index (κ1) is 30.7. The third-order valence-electron chi connectivity index (χ3n) is 7.61. The minimum Gasteiger partial charge on any atom is -0.481 e. The number of aliphatic hydroxyl groups excluding tert-OH is 2. The number of methoxy groups -OCH3 is 1. The van der Waals surface area contributed by atoms with Gasteiger partial charge in [-0.3, -0.25) is 9.59 Å². The van der Waals surface area contributed by atoms with E-state index in [-0.39, 0.29) is 37.8 Å². The van der Waals surface area contributed by atoms with Crippen LogP contribution in [0.3, 0.4) is 0 Å². The molecule has 0 saturated heterocycles. The van der Waals surface area contributed by atoms with Crippen molar-refractivity contribution in [1.82, 2.24) is 9.88 Å². The normalized spacial score (nSPS) is 14.1. The van der Waals surface area contributed by atoms with Crippen molar-refractivity contribution in [3.63, 3.8) is 0 Å². The molecule has 0 spiro atoms. The van der Waals surface area contributed by atoms with E-state index in [9.17, 15) is 29.7 Å². The molecular weight excluding hydrogens is 540 g/mol. The van der Waals surface area contributed by atoms with E-state index in [0.29, 0.717) is 39.8 Å². The monoisotopic (exact) mass is 576 g/mol. The number of hydrogen-bond donors (Lipinski definition) is 3. The first-order chi connectivity index (χ1) is 20.2. The van der Waals surface area contributed by atoms with Crippen LogP contribution in [-0.4, -0.2) is 76.5 Å². The smallest absolute Gasteiger partial charge is 0.343 e. The highest BCUT2D eigenvalue weighted by Crippen LogP contribution is 2.47. The summed E-state index contributed by atoms with van der Waals surface area (Å²) in [5.41, 5.74) is 3.19. The van der Waals surface area contributed by atoms with Gasteiger partial charge in [-0.1, -0.05) is 31.2 Å². The van der Waals surface area contributed by atoms with Gasteiger partial charge in [-0.2, -0.15) is 0 Å². The van der Waals surface area contributed by atoms with E-state index in [1.165, 1.54) is 18.2 Å². The van der Waals surface area contributed by atoms with Crippen molar-refractivity contribution in [2.24, 2.45) is 11.8 Å². The molecule has 4 rings (SSSR count). The van der Waals surface area contributed by atoms with Gasteiger partial charge in [0.2, 0.25) is 5.88 Å². The van der Waals surface area contributed by atoms with Gasteiger partial charge in [0.05, 0.1) is 37.4 Å². The average Bonchev–Trinajstić information content (AvgIpc) is 3.81. The third kappa shape index (κ3) is 6.95. The van der Waals surface area contributed by atoms with Crippen LogP contribution in [0.1, 0.15) is 57.5 Å². The molecule has 3 N–H and O–H groups in total. The number of aliphatic carboxylic acids is 1. The number of amides is 1. The second-order valence-electron chi connectivity index (χ2n) is 10.5. The minimum absolute atomic E-state index is 0.0481. The number of aliphatic hydroxyl groups is 2. The fourth-order valence-corrected chi connectivity index (χ4v) is 5.27. The summed E-state index contributed by atoms with van der Waals surface area (Å²) in [6.45, 7) is 3.05. The number of carbonyl (C=O) groups is 3. The molecule has 0 aliphatic heterocycles. The fraction of sp³-hybridized carbons (Fsp3) is 0.375. The second-order valence-corrected chi connectivity index (χ2v) is 10.5. The van der Waals surface area contributed by atoms with Gasteiger partial charge in [0, 0.05) is 30.9 Å². The maximum Gasteiger partial charge on any atom is 0.343 e. The zero-order valence-corrected chi connectivity index (χ0v) is 23.9. The predicted octanol–water partition coefficient (Wildman–Crippen LogP) is 3.93. The van der Waals surface area contributed by atoms with Gasteiger partial charge in [-0.25, -0.2) is 9.78 Å². The lowest BCUT2D eigenvalue weighted by molar-refractivity contribution is -0.142. The van der Waals surface area contributed by atoms with E-state index in [0.717, 1.165) is 18.4 Å². The van der Waals surface area contributed by atoms with Gasteiger partial charge in [-0.15, -0.1) is 0 Å². The van der Waals surface area contributed by atoms with Crippen molar-refractivity contribution in [1.29, 1.82) is 0 Å². The predicted molar refractivity (Wildman–Crippen MR) is 155 cm³/mol. The molecule has 1 fully saturated rings. The second kappa shape index (κ2) is 13.6. The quantitative estimate of drug-likeness (QED) is 0.203. The molecule has 1 aliphatic carbocycles. The van der Waals surface area contributed by atoms with E-state index in [4.69, 9.17) is 9.47 Å². The summed E-state index contributed by atoms with van der Waals surface area (Å²) in [6.07, 6.45) is 3.35. The highest BCUT2D eigenvalue weighted by atomic mass is 16.5. The first-order valence-corrected chi connectivity index (χ1v) is 13.9. The summed E-state index contributed by atoms with van der Waals surface area (Å²) in [7, 11) is 1.46. The Morgan fingerprint density at radius 1 is 1.02 bits per heavy atom. The first-order valence-electron chi connectivity index (χ1n) is 13.9. The molecule has 1 saturated carbocycles. The van der Waals surface area contributed by atoms with Crippen LogP contribution in [0.4, 0.5) is 0 Å². The van der Waals surface area contributed by atoms with Crippen LogP contribution in [-0.2, 0) is 4.79 Å². The number of pyridine rings is 1. The number of carboxylic acids is 1. The maximum atomic E-state index is 13.3. The Hall–Kier alpha value is -4.28. The number of hydrogen-bond acceptors (Lipinski definition) is 8. The third-order valence-corrected chi connectivity index (χ3v) is 7.61. The summed E-state index contributed by atoms with van der Waals surface area (Å²) in [4.78, 5) is 43.7. The minimum atomic E-state index is -0.851. The lowest BCUT2D eigenvalue weighted by Crippen LogP contribution is -2.36. The van der Waals surface area contributed by atoms with Crippen LogP contribution in [0.5, 0.6) is 11.6 Å². The van der Waals surface area contributed by atoms with Crippen LogP contribution in [0, 0.1) is 18.8 Å². The zero-order chi connectivity index (χ0) is 30.4. The number of aromatic nitrogens is 1. The Bertz CT molecular complexity index is 1450. The Balaban J connectivity index is 1.60. The maximum absolute atomic E-state index is 13.3. The van der Waals surface area contributed by atoms with Crippen LogP contribution in [0.2, 0.25) is 0 Å². The van der Waals surface area contributed by atoms with E-state index in [2.05, 4.69) is 4.98 Å². The Labute approximate surface area is 244 Å². The highest BCUT2D eigenvalue weighted by Gasteiger charge is 2.38. The summed E-state index contributed by atoms with van der Waals surface area (Å²) in [6, 6.07) is 13.8. The largest absolute Gasteiger partial charge is 0.481 e. The molecule has 0 radical (unpaired) electrons. The standard InChI is InChI=1S/C32H36N2O8/c1-19-15-22(26-17-28(41-3)33-18-27(26)30(37)34(11-13-35)12-14-36)9-10-25(19)32(40)42-24-6-4-5-23(16-24)29(21-7-8-21)20(2)31(38)39/h4-6,9-10,15-18,20-21,29,35-36H,7-8,11-14H2,1-3H3,(H,38,39)/t20-,29-/m0/s1. The number of benzene rings is 2. The fourth-order valence-electron chi connectivity index (χ4n) is 5.27. The molecule has 1 amide bonds. The molecule has 2 aromatic carbocycles. The number of esters is 1. The molecule has 1 aliphatic rings. The van der Waals surface area contributed by atoms with Crippen LogP contribution in [0.15, 0.2) is 54.7 Å². The van der Waals surface area contributed by atoms with Crippen molar-refractivity contribution in [3.05, 3.63) is 77.0 Å². The molecule has 1 heterocycles. The van der Waals surface area contributed by atoms with Crippen molar-refractivity contribution >= 4 is 17.8 Å². The molecule has 0 unspecified atom stereocenters. The number of ether oxygens (including phenoxy) is 2. The number of rotatable bonds is 13. The number of aryl methyl sites for hydroxylation is 1. The van der Waals surface area contributed by atoms with E-state index in [1.807, 2.05) is 6.07 Å². The molecule has 3 aromatic rings. The molecular formula is C32H36N2O8. The van der Waals surface area contributed by atoms with Crippen LogP contribution < -0.4 is 9.47 Å². The number of carbonyl (C=O) groups excluding carboxylic acids is 2. The van der Waals surface area contributed by atoms with Gasteiger partial charge in [0.15, 0.2) is 0 Å². The van der Waals surface area contributed by atoms with Gasteiger partial charge < -0.3 is 29.7 Å². The van der Waals surface area contributed by atoms with Crippen LogP contribution >= 0.6 is 0 Å². The number of carboxylic acid groups (broad SMARTS) is 1. The van der Waals surface area contributed by atoms with Gasteiger partial charge in [-0.05, 0) is 66.5 Å². The molecule has 10 nitrogen and oxygen atoms in total. The lowest BCUT2D eigenvalue weighted by Gasteiger charge is -2.22. The molecule has 42 heavy (non-hydrogen) atoms. The molecule has 1 aromatic heterocycles. The summed E-state index contributed by atoms with van der Waals surface area (Å²) >= 11 is 0. The Morgan fingerprint density at radius 3 is 2.33 bits per heavy atom. The molecule has 222 valence electrons. The lowest BCUT2D eigenvalue weighted by atomic mass is 9.83. The van der Waals surface area contributed by atoms with E-state index < -0.39 is 23.8 Å². The molecule has 0 bridgehead atoms. The van der Waals surface area contributed by atoms with Crippen molar-refractivity contribution in [3.8, 4) is 22.8 Å². The Kier molecular flexibility index (Phi) is 9.92. The van der Waals surface area contributed by atoms with Gasteiger partial charge in [0.25, 0.3) is 5.91 Å². The average molecular weight is 577 g/mol. The molecule has 2 atom stereocenters. The van der Waals surface area contributed by atoms with Crippen molar-refractivity contribution < 1.29 is 39.2 Å². The summed E-state index contributed by atoms with van der Waals surface area (Å²) in [5.74, 6) is -1.60. The van der Waals surface area contributed by atoms with Crippen LogP contribution in [0.25, 0.3) is 11.1 Å². The zero-order valence-electron chi connectivity index (χ0n) is 23.9. The van der Waals surface area contributed by atoms with Gasteiger partial charge >= 0.3 is 11.9 Å². The summed E-state index contributed by atoms with van der Waals surface area (Å²) < 4.78 is 11.0. The summed E-state index contributed by atoms with van der Waals surface area (Å²) in [5, 5.41) is 28.4. The van der Waals surface area contributed by atoms with Crippen molar-refractivity contribution in [2.75, 3.05) is 33.4 Å².